The fourth-order valence-corrected chi connectivity index (χ4v) is 6.24. The normalized spacial score (nSPS) is 12.0. The molecule has 224 valence electrons. The van der Waals surface area contributed by atoms with Crippen LogP contribution in [-0.4, -0.2) is 43.8 Å². The smallest absolute Gasteiger partial charge is 0.264 e. The summed E-state index contributed by atoms with van der Waals surface area (Å²) < 4.78 is 29.0. The molecule has 0 aliphatic rings. The summed E-state index contributed by atoms with van der Waals surface area (Å²) in [5, 5.41) is 3.86. The van der Waals surface area contributed by atoms with Crippen molar-refractivity contribution in [2.45, 2.75) is 43.8 Å². The highest BCUT2D eigenvalue weighted by molar-refractivity contribution is 7.92. The lowest BCUT2D eigenvalue weighted by Crippen LogP contribution is -2.54. The maximum absolute atomic E-state index is 14.3. The van der Waals surface area contributed by atoms with Gasteiger partial charge in [0.05, 0.1) is 10.6 Å². The summed E-state index contributed by atoms with van der Waals surface area (Å²) in [5.74, 6) is -0.885. The van der Waals surface area contributed by atoms with Gasteiger partial charge in [-0.05, 0) is 73.5 Å². The molecule has 0 bridgehead atoms. The van der Waals surface area contributed by atoms with Crippen molar-refractivity contribution < 1.29 is 18.0 Å². The number of nitrogens with zero attached hydrogens (tertiary/aromatic N) is 2. The standard InChI is InChI=1S/C33H33Cl2N3O4S/c1-24(2)36-33(40)31(21-25-9-5-3-6-10-25)37(22-26-13-15-27(34)16-14-26)32(39)23-38(29-11-7-4-8-12-29)43(41,42)30-19-17-28(35)18-20-30/h3-20,24,31H,21-23H2,1-2H3,(H,36,40)/t31-/m0/s1. The minimum absolute atomic E-state index is 0.0174. The maximum atomic E-state index is 14.3. The Labute approximate surface area is 263 Å². The first kappa shape index (κ1) is 32.1. The lowest BCUT2D eigenvalue weighted by molar-refractivity contribution is -0.140. The van der Waals surface area contributed by atoms with E-state index in [9.17, 15) is 18.0 Å². The molecule has 0 fully saturated rings. The van der Waals surface area contributed by atoms with Gasteiger partial charge in [-0.1, -0.05) is 83.9 Å². The number of nitrogens with one attached hydrogen (secondary N) is 1. The van der Waals surface area contributed by atoms with Crippen LogP contribution in [0.1, 0.15) is 25.0 Å². The summed E-state index contributed by atoms with van der Waals surface area (Å²) in [6.07, 6.45) is 0.230. The molecule has 0 aromatic heterocycles. The average Bonchev–Trinajstić information content (AvgIpc) is 2.99. The summed E-state index contributed by atoms with van der Waals surface area (Å²) in [6, 6.07) is 29.4. The zero-order valence-electron chi connectivity index (χ0n) is 23.9. The van der Waals surface area contributed by atoms with Crippen molar-refractivity contribution in [1.82, 2.24) is 10.2 Å². The molecular weight excluding hydrogens is 605 g/mol. The Morgan fingerprint density at radius 1 is 0.744 bits per heavy atom. The van der Waals surface area contributed by atoms with Crippen LogP contribution in [0.15, 0.2) is 114 Å². The van der Waals surface area contributed by atoms with Crippen LogP contribution in [0.2, 0.25) is 10.0 Å². The van der Waals surface area contributed by atoms with Crippen LogP contribution in [0.3, 0.4) is 0 Å². The molecule has 0 saturated carbocycles. The van der Waals surface area contributed by atoms with E-state index < -0.39 is 28.5 Å². The Morgan fingerprint density at radius 2 is 1.28 bits per heavy atom. The molecule has 0 saturated heterocycles. The summed E-state index contributed by atoms with van der Waals surface area (Å²) in [7, 11) is -4.19. The van der Waals surface area contributed by atoms with Gasteiger partial charge in [-0.2, -0.15) is 0 Å². The minimum Gasteiger partial charge on any atom is -0.352 e. The number of benzene rings is 4. The third-order valence-electron chi connectivity index (χ3n) is 6.69. The Bertz CT molecular complexity index is 1620. The van der Waals surface area contributed by atoms with Crippen molar-refractivity contribution in [3.05, 3.63) is 130 Å². The number of amides is 2. The van der Waals surface area contributed by atoms with E-state index >= 15 is 0 Å². The largest absolute Gasteiger partial charge is 0.352 e. The van der Waals surface area contributed by atoms with E-state index in [0.717, 1.165) is 15.4 Å². The van der Waals surface area contributed by atoms with Crippen LogP contribution < -0.4 is 9.62 Å². The Hall–Kier alpha value is -3.85. The van der Waals surface area contributed by atoms with Gasteiger partial charge in [0, 0.05) is 29.1 Å². The van der Waals surface area contributed by atoms with Gasteiger partial charge in [0.15, 0.2) is 0 Å². The van der Waals surface area contributed by atoms with E-state index in [1.807, 2.05) is 44.2 Å². The van der Waals surface area contributed by atoms with E-state index in [0.29, 0.717) is 15.7 Å². The van der Waals surface area contributed by atoms with E-state index in [2.05, 4.69) is 5.32 Å². The number of carbonyl (C=O) groups is 2. The summed E-state index contributed by atoms with van der Waals surface area (Å²) in [4.78, 5) is 29.5. The third-order valence-corrected chi connectivity index (χ3v) is 8.98. The van der Waals surface area contributed by atoms with Gasteiger partial charge in [0.25, 0.3) is 10.0 Å². The van der Waals surface area contributed by atoms with Gasteiger partial charge in [-0.3, -0.25) is 13.9 Å². The number of carbonyl (C=O) groups excluding carboxylic acids is 2. The molecular formula is C33H33Cl2N3O4S. The molecule has 1 atom stereocenters. The molecule has 7 nitrogen and oxygen atoms in total. The van der Waals surface area contributed by atoms with Gasteiger partial charge < -0.3 is 10.2 Å². The second-order valence-corrected chi connectivity index (χ2v) is 13.1. The Morgan fingerprint density at radius 3 is 1.84 bits per heavy atom. The molecule has 0 unspecified atom stereocenters. The van der Waals surface area contributed by atoms with Crippen molar-refractivity contribution in [2.75, 3.05) is 10.8 Å². The number of hydrogen-bond donors (Lipinski definition) is 1. The van der Waals surface area contributed by atoms with Crippen molar-refractivity contribution >= 4 is 50.7 Å². The molecule has 0 heterocycles. The van der Waals surface area contributed by atoms with E-state index in [1.165, 1.54) is 29.2 Å². The molecule has 43 heavy (non-hydrogen) atoms. The quantitative estimate of drug-likeness (QED) is 0.196. The molecule has 0 radical (unpaired) electrons. The number of para-hydroxylation sites is 1. The highest BCUT2D eigenvalue weighted by atomic mass is 35.5. The number of sulfonamides is 1. The molecule has 10 heteroatoms. The van der Waals surface area contributed by atoms with Gasteiger partial charge >= 0.3 is 0 Å². The molecule has 0 aliphatic heterocycles. The van der Waals surface area contributed by atoms with Gasteiger partial charge in [0.1, 0.15) is 12.6 Å². The third kappa shape index (κ3) is 8.60. The summed E-state index contributed by atoms with van der Waals surface area (Å²) in [5.41, 5.74) is 1.90. The van der Waals surface area contributed by atoms with E-state index in [-0.39, 0.29) is 29.8 Å². The fraction of sp³-hybridized carbons (Fsp3) is 0.212. The minimum atomic E-state index is -4.19. The SMILES string of the molecule is CC(C)NC(=O)[C@H](Cc1ccccc1)N(Cc1ccc(Cl)cc1)C(=O)CN(c1ccccc1)S(=O)(=O)c1ccc(Cl)cc1. The summed E-state index contributed by atoms with van der Waals surface area (Å²) >= 11 is 12.1. The molecule has 0 aliphatic carbocycles. The first-order chi connectivity index (χ1) is 20.5. The predicted octanol–water partition coefficient (Wildman–Crippen LogP) is 6.35. The Kier molecular flexibility index (Phi) is 10.9. The van der Waals surface area contributed by atoms with Crippen LogP contribution in [0.25, 0.3) is 0 Å². The number of rotatable bonds is 12. The van der Waals surface area contributed by atoms with Crippen LogP contribution >= 0.6 is 23.2 Å². The molecule has 2 amide bonds. The molecule has 1 N–H and O–H groups in total. The van der Waals surface area contributed by atoms with Crippen LogP contribution in [0.4, 0.5) is 5.69 Å². The van der Waals surface area contributed by atoms with Gasteiger partial charge in [-0.15, -0.1) is 0 Å². The topological polar surface area (TPSA) is 86.8 Å². The monoisotopic (exact) mass is 637 g/mol. The first-order valence-electron chi connectivity index (χ1n) is 13.8. The predicted molar refractivity (Wildman–Crippen MR) is 172 cm³/mol. The van der Waals surface area contributed by atoms with Gasteiger partial charge in [-0.25, -0.2) is 8.42 Å². The van der Waals surface area contributed by atoms with Crippen molar-refractivity contribution in [3.63, 3.8) is 0 Å². The number of hydrogen-bond acceptors (Lipinski definition) is 4. The lowest BCUT2D eigenvalue weighted by Gasteiger charge is -2.34. The highest BCUT2D eigenvalue weighted by Gasteiger charge is 2.34. The molecule has 0 spiro atoms. The summed E-state index contributed by atoms with van der Waals surface area (Å²) in [6.45, 7) is 3.21. The molecule has 4 aromatic carbocycles. The fourth-order valence-electron chi connectivity index (χ4n) is 4.58. The van der Waals surface area contributed by atoms with E-state index in [4.69, 9.17) is 23.2 Å². The van der Waals surface area contributed by atoms with Crippen LogP contribution in [0.5, 0.6) is 0 Å². The van der Waals surface area contributed by atoms with Crippen LogP contribution in [0, 0.1) is 0 Å². The van der Waals surface area contributed by atoms with Crippen LogP contribution in [-0.2, 0) is 32.6 Å². The number of anilines is 1. The average molecular weight is 639 g/mol. The zero-order chi connectivity index (χ0) is 31.0. The maximum Gasteiger partial charge on any atom is 0.264 e. The zero-order valence-corrected chi connectivity index (χ0v) is 26.2. The second kappa shape index (κ2) is 14.6. The van der Waals surface area contributed by atoms with E-state index in [1.54, 1.807) is 54.6 Å². The molecule has 4 aromatic rings. The van der Waals surface area contributed by atoms with Crippen molar-refractivity contribution in [2.24, 2.45) is 0 Å². The van der Waals surface area contributed by atoms with Crippen molar-refractivity contribution in [1.29, 1.82) is 0 Å². The lowest BCUT2D eigenvalue weighted by atomic mass is 10.0. The second-order valence-electron chi connectivity index (χ2n) is 10.3. The van der Waals surface area contributed by atoms with Gasteiger partial charge in [0.2, 0.25) is 11.8 Å². The first-order valence-corrected chi connectivity index (χ1v) is 16.0. The van der Waals surface area contributed by atoms with Crippen molar-refractivity contribution in [3.8, 4) is 0 Å². The highest BCUT2D eigenvalue weighted by Crippen LogP contribution is 2.26. The number of halogens is 2. The molecule has 4 rings (SSSR count). The Balaban J connectivity index is 1.78.